The van der Waals surface area contributed by atoms with Gasteiger partial charge >= 0.3 is 0 Å². The van der Waals surface area contributed by atoms with Crippen molar-refractivity contribution < 1.29 is 9.47 Å². The van der Waals surface area contributed by atoms with Gasteiger partial charge in [0.05, 0.1) is 13.2 Å². The standard InChI is InChI=1S/C8H13O2/c1-2-5-8(4-1)9-6-3-7-10-8/h4H,1-3,5-7H2. The third kappa shape index (κ3) is 1.06. The minimum absolute atomic E-state index is 0.252. The molecule has 0 aromatic carbocycles. The summed E-state index contributed by atoms with van der Waals surface area (Å²) in [5, 5.41) is 0. The van der Waals surface area contributed by atoms with Crippen LogP contribution in [0.2, 0.25) is 0 Å². The number of hydrogen-bond acceptors (Lipinski definition) is 2. The number of ether oxygens (including phenoxy) is 2. The van der Waals surface area contributed by atoms with Crippen LogP contribution in [-0.2, 0) is 9.47 Å². The molecule has 0 aromatic rings. The van der Waals surface area contributed by atoms with Gasteiger partial charge in [0.2, 0.25) is 0 Å². The Morgan fingerprint density at radius 2 is 1.90 bits per heavy atom. The molecule has 0 aromatic heterocycles. The Morgan fingerprint density at radius 3 is 2.50 bits per heavy atom. The Labute approximate surface area is 61.5 Å². The summed E-state index contributed by atoms with van der Waals surface area (Å²) in [7, 11) is 0. The molecule has 0 amide bonds. The molecule has 2 heteroatoms. The zero-order chi connectivity index (χ0) is 6.86. The van der Waals surface area contributed by atoms with Crippen LogP contribution in [0, 0.1) is 6.42 Å². The highest BCUT2D eigenvalue weighted by Crippen LogP contribution is 2.35. The Balaban J connectivity index is 1.98. The van der Waals surface area contributed by atoms with Crippen LogP contribution in [0.4, 0.5) is 0 Å². The molecule has 2 rings (SSSR count). The van der Waals surface area contributed by atoms with Crippen LogP contribution >= 0.6 is 0 Å². The molecule has 2 fully saturated rings. The Hall–Kier alpha value is -0.0800. The summed E-state index contributed by atoms with van der Waals surface area (Å²) in [5.74, 6) is -0.252. The zero-order valence-corrected chi connectivity index (χ0v) is 6.14. The Bertz CT molecular complexity index is 108. The van der Waals surface area contributed by atoms with Gasteiger partial charge in [-0.25, -0.2) is 0 Å². The highest BCUT2D eigenvalue weighted by atomic mass is 16.7. The van der Waals surface area contributed by atoms with E-state index < -0.39 is 0 Å². The van der Waals surface area contributed by atoms with Crippen molar-refractivity contribution in [2.45, 2.75) is 31.5 Å². The summed E-state index contributed by atoms with van der Waals surface area (Å²) in [6, 6.07) is 0. The lowest BCUT2D eigenvalue weighted by Gasteiger charge is -2.33. The SMILES string of the molecule is [CH]1CCCC12OCCCO2. The number of hydrogen-bond donors (Lipinski definition) is 0. The first-order valence-electron chi connectivity index (χ1n) is 4.04. The predicted octanol–water partition coefficient (Wildman–Crippen LogP) is 1.51. The van der Waals surface area contributed by atoms with Crippen molar-refractivity contribution in [1.29, 1.82) is 0 Å². The minimum atomic E-state index is -0.252. The van der Waals surface area contributed by atoms with Crippen LogP contribution in [0.1, 0.15) is 25.7 Å². The van der Waals surface area contributed by atoms with Gasteiger partial charge in [-0.05, 0) is 19.3 Å². The number of rotatable bonds is 0. The molecular weight excluding hydrogens is 128 g/mol. The van der Waals surface area contributed by atoms with Gasteiger partial charge in [0.15, 0.2) is 5.79 Å². The van der Waals surface area contributed by atoms with Gasteiger partial charge in [-0.1, -0.05) is 0 Å². The van der Waals surface area contributed by atoms with Gasteiger partial charge in [-0.15, -0.1) is 0 Å². The molecule has 1 aliphatic heterocycles. The monoisotopic (exact) mass is 141 g/mol. The second kappa shape index (κ2) is 2.51. The molecule has 57 valence electrons. The third-order valence-electron chi connectivity index (χ3n) is 2.17. The van der Waals surface area contributed by atoms with E-state index in [2.05, 4.69) is 6.42 Å². The fraction of sp³-hybridized carbons (Fsp3) is 0.875. The van der Waals surface area contributed by atoms with E-state index in [1.807, 2.05) is 0 Å². The zero-order valence-electron chi connectivity index (χ0n) is 6.14. The normalized spacial score (nSPS) is 31.2. The van der Waals surface area contributed by atoms with Crippen molar-refractivity contribution in [3.8, 4) is 0 Å². The van der Waals surface area contributed by atoms with Crippen LogP contribution in [0.3, 0.4) is 0 Å². The summed E-state index contributed by atoms with van der Waals surface area (Å²) >= 11 is 0. The predicted molar refractivity (Wildman–Crippen MR) is 37.4 cm³/mol. The second-order valence-electron chi connectivity index (χ2n) is 2.96. The van der Waals surface area contributed by atoms with Crippen molar-refractivity contribution in [1.82, 2.24) is 0 Å². The van der Waals surface area contributed by atoms with E-state index >= 15 is 0 Å². The molecule has 1 aliphatic carbocycles. The van der Waals surface area contributed by atoms with E-state index in [0.717, 1.165) is 32.5 Å². The van der Waals surface area contributed by atoms with Crippen molar-refractivity contribution in [2.24, 2.45) is 0 Å². The molecule has 0 N–H and O–H groups in total. The fourth-order valence-electron chi connectivity index (χ4n) is 1.63. The maximum absolute atomic E-state index is 5.55. The first-order valence-corrected chi connectivity index (χ1v) is 4.04. The summed E-state index contributed by atoms with van der Waals surface area (Å²) < 4.78 is 11.1. The lowest BCUT2D eigenvalue weighted by Crippen LogP contribution is -2.37. The molecule has 1 heterocycles. The van der Waals surface area contributed by atoms with Crippen LogP contribution in [0.15, 0.2) is 0 Å². The summed E-state index contributed by atoms with van der Waals surface area (Å²) in [6.45, 7) is 1.74. The van der Waals surface area contributed by atoms with E-state index in [4.69, 9.17) is 9.47 Å². The van der Waals surface area contributed by atoms with Crippen LogP contribution in [0.25, 0.3) is 0 Å². The molecule has 2 nitrogen and oxygen atoms in total. The maximum atomic E-state index is 5.55. The van der Waals surface area contributed by atoms with Gasteiger partial charge in [0.1, 0.15) is 0 Å². The van der Waals surface area contributed by atoms with Gasteiger partial charge in [0, 0.05) is 12.8 Å². The minimum Gasteiger partial charge on any atom is -0.350 e. The first kappa shape index (κ1) is 6.62. The van der Waals surface area contributed by atoms with E-state index in [1.54, 1.807) is 0 Å². The van der Waals surface area contributed by atoms with Crippen molar-refractivity contribution in [2.75, 3.05) is 13.2 Å². The topological polar surface area (TPSA) is 18.5 Å². The third-order valence-corrected chi connectivity index (χ3v) is 2.17. The van der Waals surface area contributed by atoms with Crippen LogP contribution in [0.5, 0.6) is 0 Å². The van der Waals surface area contributed by atoms with Crippen molar-refractivity contribution in [3.05, 3.63) is 6.42 Å². The van der Waals surface area contributed by atoms with Gasteiger partial charge < -0.3 is 9.47 Å². The largest absolute Gasteiger partial charge is 0.350 e. The second-order valence-corrected chi connectivity index (χ2v) is 2.96. The first-order chi connectivity index (χ1) is 4.91. The van der Waals surface area contributed by atoms with Crippen molar-refractivity contribution in [3.63, 3.8) is 0 Å². The fourth-order valence-corrected chi connectivity index (χ4v) is 1.63. The molecule has 2 aliphatic rings. The molecule has 1 saturated carbocycles. The summed E-state index contributed by atoms with van der Waals surface area (Å²) in [4.78, 5) is 0. The highest BCUT2D eigenvalue weighted by molar-refractivity contribution is 4.94. The molecule has 0 atom stereocenters. The smallest absolute Gasteiger partial charge is 0.171 e. The molecule has 1 spiro atoms. The molecule has 10 heavy (non-hydrogen) atoms. The molecular formula is C8H13O2. The Morgan fingerprint density at radius 1 is 1.10 bits per heavy atom. The average Bonchev–Trinajstić information content (AvgIpc) is 2.39. The molecule has 1 saturated heterocycles. The Kier molecular flexibility index (Phi) is 1.66. The van der Waals surface area contributed by atoms with Crippen molar-refractivity contribution >= 4 is 0 Å². The van der Waals surface area contributed by atoms with Gasteiger partial charge in [-0.3, -0.25) is 0 Å². The highest BCUT2D eigenvalue weighted by Gasteiger charge is 2.37. The lowest BCUT2D eigenvalue weighted by atomic mass is 10.2. The van der Waals surface area contributed by atoms with E-state index in [0.29, 0.717) is 0 Å². The van der Waals surface area contributed by atoms with E-state index in [9.17, 15) is 0 Å². The maximum Gasteiger partial charge on any atom is 0.171 e. The quantitative estimate of drug-likeness (QED) is 0.509. The molecule has 0 unspecified atom stereocenters. The van der Waals surface area contributed by atoms with Crippen LogP contribution < -0.4 is 0 Å². The van der Waals surface area contributed by atoms with Gasteiger partial charge in [-0.2, -0.15) is 0 Å². The van der Waals surface area contributed by atoms with Gasteiger partial charge in [0.25, 0.3) is 0 Å². The van der Waals surface area contributed by atoms with E-state index in [-0.39, 0.29) is 5.79 Å². The average molecular weight is 141 g/mol. The van der Waals surface area contributed by atoms with E-state index in [1.165, 1.54) is 6.42 Å². The molecule has 1 radical (unpaired) electrons. The lowest BCUT2D eigenvalue weighted by molar-refractivity contribution is -0.241. The summed E-state index contributed by atoms with van der Waals surface area (Å²) in [6.07, 6.45) is 6.66. The van der Waals surface area contributed by atoms with Crippen LogP contribution in [-0.4, -0.2) is 19.0 Å². The summed E-state index contributed by atoms with van der Waals surface area (Å²) in [5.41, 5.74) is 0. The molecule has 0 bridgehead atoms.